The Balaban J connectivity index is 2.59. The molecular formula is C14H19NO7. The number of carboxylic acids is 1. The standard InChI is InChI=1S/C14H19NO7/c1-20-13(21-2)11(16)10(12(17)18)15-14(19)22-8-9-6-4-3-5-7-9/h3-7,10-11,13,16H,8H2,1-2H3,(H,15,19)(H,17,18)/t10-,11-/m0/s1. The molecule has 2 atom stereocenters. The van der Waals surface area contributed by atoms with Gasteiger partial charge in [0.2, 0.25) is 0 Å². The number of methoxy groups -OCH3 is 2. The van der Waals surface area contributed by atoms with Crippen LogP contribution in [0, 0.1) is 0 Å². The molecule has 3 N–H and O–H groups in total. The number of aliphatic hydroxyl groups excluding tert-OH is 1. The molecule has 0 bridgehead atoms. The molecule has 122 valence electrons. The number of hydrogen-bond donors (Lipinski definition) is 3. The van der Waals surface area contributed by atoms with Crippen LogP contribution in [0.15, 0.2) is 30.3 Å². The molecule has 1 rings (SSSR count). The number of amides is 1. The monoisotopic (exact) mass is 313 g/mol. The van der Waals surface area contributed by atoms with E-state index in [0.29, 0.717) is 0 Å². The average molecular weight is 313 g/mol. The van der Waals surface area contributed by atoms with Crippen molar-refractivity contribution in [3.05, 3.63) is 35.9 Å². The van der Waals surface area contributed by atoms with E-state index >= 15 is 0 Å². The molecule has 0 heterocycles. The second kappa shape index (κ2) is 8.98. The van der Waals surface area contributed by atoms with Crippen LogP contribution in [0.2, 0.25) is 0 Å². The van der Waals surface area contributed by atoms with Gasteiger partial charge in [-0.15, -0.1) is 0 Å². The lowest BCUT2D eigenvalue weighted by Crippen LogP contribution is -2.54. The predicted molar refractivity (Wildman–Crippen MR) is 75.0 cm³/mol. The van der Waals surface area contributed by atoms with Gasteiger partial charge < -0.3 is 29.7 Å². The molecule has 1 aromatic rings. The molecule has 1 amide bonds. The highest BCUT2D eigenvalue weighted by Gasteiger charge is 2.35. The second-order valence-electron chi connectivity index (χ2n) is 4.35. The third-order valence-corrected chi connectivity index (χ3v) is 2.84. The van der Waals surface area contributed by atoms with Crippen LogP contribution in [0.1, 0.15) is 5.56 Å². The van der Waals surface area contributed by atoms with Gasteiger partial charge in [-0.25, -0.2) is 9.59 Å². The highest BCUT2D eigenvalue weighted by Crippen LogP contribution is 2.06. The van der Waals surface area contributed by atoms with Gasteiger partial charge >= 0.3 is 12.1 Å². The fourth-order valence-corrected chi connectivity index (χ4v) is 1.72. The first-order chi connectivity index (χ1) is 10.5. The van der Waals surface area contributed by atoms with Gasteiger partial charge in [0.15, 0.2) is 12.3 Å². The van der Waals surface area contributed by atoms with Gasteiger partial charge in [0.25, 0.3) is 0 Å². The van der Waals surface area contributed by atoms with Crippen molar-refractivity contribution < 1.29 is 34.0 Å². The molecule has 0 radical (unpaired) electrons. The number of hydrogen-bond acceptors (Lipinski definition) is 6. The molecule has 0 aliphatic carbocycles. The van der Waals surface area contributed by atoms with Crippen molar-refractivity contribution >= 4 is 12.1 Å². The first-order valence-electron chi connectivity index (χ1n) is 6.43. The Morgan fingerprint density at radius 1 is 1.18 bits per heavy atom. The van der Waals surface area contributed by atoms with Gasteiger partial charge in [0.05, 0.1) is 0 Å². The number of ether oxygens (including phenoxy) is 3. The Labute approximate surface area is 127 Å². The molecule has 0 aliphatic heterocycles. The summed E-state index contributed by atoms with van der Waals surface area (Å²) < 4.78 is 14.5. The third-order valence-electron chi connectivity index (χ3n) is 2.84. The van der Waals surface area contributed by atoms with Gasteiger partial charge in [-0.3, -0.25) is 0 Å². The van der Waals surface area contributed by atoms with E-state index < -0.39 is 30.5 Å². The minimum absolute atomic E-state index is 0.0207. The van der Waals surface area contributed by atoms with Crippen LogP contribution in [0.5, 0.6) is 0 Å². The van der Waals surface area contributed by atoms with Gasteiger partial charge in [-0.05, 0) is 5.56 Å². The quantitative estimate of drug-likeness (QED) is 0.593. The maximum atomic E-state index is 11.6. The van der Waals surface area contributed by atoms with Crippen molar-refractivity contribution in [3.8, 4) is 0 Å². The van der Waals surface area contributed by atoms with Crippen molar-refractivity contribution in [2.45, 2.75) is 25.0 Å². The van der Waals surface area contributed by atoms with Crippen LogP contribution < -0.4 is 5.32 Å². The summed E-state index contributed by atoms with van der Waals surface area (Å²) in [5.74, 6) is -1.44. The number of carbonyl (C=O) groups is 2. The normalized spacial score (nSPS) is 13.5. The number of alkyl carbamates (subject to hydrolysis) is 1. The predicted octanol–water partition coefficient (Wildman–Crippen LogP) is 0.346. The summed E-state index contributed by atoms with van der Waals surface area (Å²) in [6.45, 7) is -0.0207. The number of benzene rings is 1. The van der Waals surface area contributed by atoms with Gasteiger partial charge in [-0.2, -0.15) is 0 Å². The first-order valence-corrected chi connectivity index (χ1v) is 6.43. The SMILES string of the molecule is COC(OC)[C@@H](O)[C@H](NC(=O)OCc1ccccc1)C(=O)O. The van der Waals surface area contributed by atoms with E-state index in [4.69, 9.17) is 19.3 Å². The molecule has 8 nitrogen and oxygen atoms in total. The average Bonchev–Trinajstić information content (AvgIpc) is 2.52. The number of aliphatic hydroxyl groups is 1. The summed E-state index contributed by atoms with van der Waals surface area (Å²) in [5.41, 5.74) is 0.747. The summed E-state index contributed by atoms with van der Waals surface area (Å²) in [6, 6.07) is 7.25. The Morgan fingerprint density at radius 3 is 2.27 bits per heavy atom. The minimum atomic E-state index is -1.63. The van der Waals surface area contributed by atoms with Crippen molar-refractivity contribution in [1.82, 2.24) is 5.32 Å². The summed E-state index contributed by atoms with van der Waals surface area (Å²) in [7, 11) is 2.48. The Bertz CT molecular complexity index is 475. The number of nitrogens with one attached hydrogen (secondary N) is 1. The first kappa shape index (κ1) is 17.9. The van der Waals surface area contributed by atoms with Gasteiger partial charge in [-0.1, -0.05) is 30.3 Å². The van der Waals surface area contributed by atoms with Crippen molar-refractivity contribution in [1.29, 1.82) is 0 Å². The van der Waals surface area contributed by atoms with Gasteiger partial charge in [0, 0.05) is 14.2 Å². The number of carboxylic acid groups (broad SMARTS) is 1. The maximum Gasteiger partial charge on any atom is 0.408 e. The zero-order chi connectivity index (χ0) is 16.5. The number of aliphatic carboxylic acids is 1. The van der Waals surface area contributed by atoms with Gasteiger partial charge in [0.1, 0.15) is 12.7 Å². The molecule has 0 spiro atoms. The molecule has 1 aromatic carbocycles. The van der Waals surface area contributed by atoms with Crippen molar-refractivity contribution in [2.24, 2.45) is 0 Å². The maximum absolute atomic E-state index is 11.6. The summed E-state index contributed by atoms with van der Waals surface area (Å²) in [5, 5.41) is 21.0. The van der Waals surface area contributed by atoms with E-state index in [9.17, 15) is 14.7 Å². The van der Waals surface area contributed by atoms with Crippen molar-refractivity contribution in [3.63, 3.8) is 0 Å². The topological polar surface area (TPSA) is 114 Å². The van der Waals surface area contributed by atoms with E-state index in [1.54, 1.807) is 24.3 Å². The van der Waals surface area contributed by atoms with E-state index in [2.05, 4.69) is 5.32 Å². The third kappa shape index (κ3) is 5.32. The zero-order valence-corrected chi connectivity index (χ0v) is 12.3. The van der Waals surface area contributed by atoms with Crippen molar-refractivity contribution in [2.75, 3.05) is 14.2 Å². The van der Waals surface area contributed by atoms with Crippen LogP contribution in [0.25, 0.3) is 0 Å². The Hall–Kier alpha value is -2.16. The van der Waals surface area contributed by atoms with E-state index in [0.717, 1.165) is 5.56 Å². The smallest absolute Gasteiger partial charge is 0.408 e. The van der Waals surface area contributed by atoms with E-state index in [1.165, 1.54) is 14.2 Å². The molecule has 22 heavy (non-hydrogen) atoms. The van der Waals surface area contributed by atoms with Crippen LogP contribution in [0.3, 0.4) is 0 Å². The molecule has 0 unspecified atom stereocenters. The number of carbonyl (C=O) groups excluding carboxylic acids is 1. The lowest BCUT2D eigenvalue weighted by atomic mass is 10.1. The van der Waals surface area contributed by atoms with E-state index in [1.807, 2.05) is 6.07 Å². The molecule has 0 saturated heterocycles. The van der Waals surface area contributed by atoms with Crippen LogP contribution in [-0.2, 0) is 25.6 Å². The summed E-state index contributed by atoms with van der Waals surface area (Å²) >= 11 is 0. The highest BCUT2D eigenvalue weighted by molar-refractivity contribution is 5.80. The highest BCUT2D eigenvalue weighted by atomic mass is 16.7. The summed E-state index contributed by atoms with van der Waals surface area (Å²) in [6.07, 6.45) is -3.77. The molecular weight excluding hydrogens is 294 g/mol. The lowest BCUT2D eigenvalue weighted by Gasteiger charge is -2.25. The van der Waals surface area contributed by atoms with Crippen LogP contribution in [0.4, 0.5) is 4.79 Å². The molecule has 0 aromatic heterocycles. The molecule has 0 aliphatic rings. The van der Waals surface area contributed by atoms with Crippen LogP contribution >= 0.6 is 0 Å². The minimum Gasteiger partial charge on any atom is -0.480 e. The fourth-order valence-electron chi connectivity index (χ4n) is 1.72. The fraction of sp³-hybridized carbons (Fsp3) is 0.429. The summed E-state index contributed by atoms with van der Waals surface area (Å²) in [4.78, 5) is 22.8. The van der Waals surface area contributed by atoms with Crippen LogP contribution in [-0.4, -0.2) is 54.9 Å². The second-order valence-corrected chi connectivity index (χ2v) is 4.35. The molecule has 0 fully saturated rings. The Kier molecular flexibility index (Phi) is 7.30. The Morgan fingerprint density at radius 2 is 1.77 bits per heavy atom. The van der Waals surface area contributed by atoms with E-state index in [-0.39, 0.29) is 6.61 Å². The number of rotatable bonds is 8. The molecule has 8 heteroatoms. The molecule has 0 saturated carbocycles. The largest absolute Gasteiger partial charge is 0.480 e. The lowest BCUT2D eigenvalue weighted by molar-refractivity contribution is -0.180. The zero-order valence-electron chi connectivity index (χ0n) is 12.3.